The number of nitrogens with one attached hydrogen (secondary N) is 1. The van der Waals surface area contributed by atoms with Crippen LogP contribution in [0.4, 0.5) is 0 Å². The zero-order valence-electron chi connectivity index (χ0n) is 10.4. The molecule has 1 amide bonds. The normalized spacial score (nSPS) is 24.4. The summed E-state index contributed by atoms with van der Waals surface area (Å²) in [5, 5.41) is 3.15. The second-order valence-corrected chi connectivity index (χ2v) is 5.04. The molecule has 0 heterocycles. The van der Waals surface area contributed by atoms with Gasteiger partial charge in [0.1, 0.15) is 0 Å². The number of carbonyl (C=O) groups excluding carboxylic acids is 1. The maximum atomic E-state index is 12.0. The molecule has 2 nitrogen and oxygen atoms in total. The van der Waals surface area contributed by atoms with Crippen LogP contribution in [0.2, 0.25) is 0 Å². The van der Waals surface area contributed by atoms with Crippen LogP contribution in [0.5, 0.6) is 0 Å². The van der Waals surface area contributed by atoms with Crippen LogP contribution in [-0.4, -0.2) is 11.9 Å². The number of hydrogen-bond acceptors (Lipinski definition) is 1. The van der Waals surface area contributed by atoms with Crippen LogP contribution in [0, 0.1) is 12.8 Å². The summed E-state index contributed by atoms with van der Waals surface area (Å²) in [5.41, 5.74) is 1.67. The van der Waals surface area contributed by atoms with Gasteiger partial charge in [-0.05, 0) is 43.4 Å². The number of hydrogen-bond donors (Lipinski definition) is 1. The van der Waals surface area contributed by atoms with E-state index in [1.807, 2.05) is 24.3 Å². The lowest BCUT2D eigenvalue weighted by molar-refractivity contribution is 0.0910. The molecule has 1 aliphatic rings. The minimum atomic E-state index is 0.0451. The third kappa shape index (κ3) is 3.09. The van der Waals surface area contributed by atoms with Crippen molar-refractivity contribution in [1.82, 2.24) is 5.32 Å². The molecule has 1 radical (unpaired) electrons. The SMILES string of the molecule is [CH2]c1ccc(C(=O)NC2CCCCC2C)cc1. The molecular formula is C15H20NO. The second kappa shape index (κ2) is 5.35. The van der Waals surface area contributed by atoms with Gasteiger partial charge in [-0.2, -0.15) is 0 Å². The fourth-order valence-electron chi connectivity index (χ4n) is 2.44. The molecule has 1 saturated carbocycles. The molecule has 2 rings (SSSR count). The first-order valence-corrected chi connectivity index (χ1v) is 6.39. The number of amides is 1. The molecule has 0 saturated heterocycles. The Bertz CT molecular complexity index is 382. The Kier molecular flexibility index (Phi) is 3.82. The third-order valence-corrected chi connectivity index (χ3v) is 3.64. The van der Waals surface area contributed by atoms with Crippen molar-refractivity contribution in [2.45, 2.75) is 38.6 Å². The molecule has 2 atom stereocenters. The van der Waals surface area contributed by atoms with Crippen LogP contribution in [0.25, 0.3) is 0 Å². The molecule has 2 unspecified atom stereocenters. The Morgan fingerprint density at radius 2 is 1.88 bits per heavy atom. The Hall–Kier alpha value is -1.31. The smallest absolute Gasteiger partial charge is 0.251 e. The average Bonchev–Trinajstić information content (AvgIpc) is 2.33. The first kappa shape index (κ1) is 12.2. The molecule has 0 aliphatic heterocycles. The third-order valence-electron chi connectivity index (χ3n) is 3.64. The summed E-state index contributed by atoms with van der Waals surface area (Å²) in [4.78, 5) is 12.0. The van der Waals surface area contributed by atoms with Gasteiger partial charge in [0.05, 0.1) is 0 Å². The average molecular weight is 230 g/mol. The van der Waals surface area contributed by atoms with Gasteiger partial charge in [-0.3, -0.25) is 4.79 Å². The van der Waals surface area contributed by atoms with E-state index in [0.717, 1.165) is 17.5 Å². The van der Waals surface area contributed by atoms with E-state index in [4.69, 9.17) is 0 Å². The highest BCUT2D eigenvalue weighted by molar-refractivity contribution is 5.94. The van der Waals surface area contributed by atoms with Gasteiger partial charge in [-0.25, -0.2) is 0 Å². The molecule has 1 aromatic carbocycles. The summed E-state index contributed by atoms with van der Waals surface area (Å²) in [6.07, 6.45) is 4.86. The lowest BCUT2D eigenvalue weighted by Crippen LogP contribution is -2.41. The maximum absolute atomic E-state index is 12.0. The predicted molar refractivity (Wildman–Crippen MR) is 69.8 cm³/mol. The summed E-state index contributed by atoms with van der Waals surface area (Å²) in [6, 6.07) is 7.77. The van der Waals surface area contributed by atoms with Crippen molar-refractivity contribution in [2.75, 3.05) is 0 Å². The minimum absolute atomic E-state index is 0.0451. The highest BCUT2D eigenvalue weighted by atomic mass is 16.1. The monoisotopic (exact) mass is 230 g/mol. The quantitative estimate of drug-likeness (QED) is 0.830. The van der Waals surface area contributed by atoms with Gasteiger partial charge in [-0.1, -0.05) is 31.9 Å². The standard InChI is InChI=1S/C15H20NO/c1-11-7-9-13(10-8-11)15(17)16-14-6-4-3-5-12(14)2/h7-10,12,14H,1,3-6H2,2H3,(H,16,17). The number of rotatable bonds is 2. The maximum Gasteiger partial charge on any atom is 0.251 e. The summed E-state index contributed by atoms with van der Waals surface area (Å²) in [7, 11) is 0. The Balaban J connectivity index is 1.98. The van der Waals surface area contributed by atoms with Gasteiger partial charge in [0.25, 0.3) is 5.91 Å². The second-order valence-electron chi connectivity index (χ2n) is 5.04. The van der Waals surface area contributed by atoms with Crippen molar-refractivity contribution in [3.63, 3.8) is 0 Å². The number of benzene rings is 1. The van der Waals surface area contributed by atoms with Gasteiger partial charge < -0.3 is 5.32 Å². The highest BCUT2D eigenvalue weighted by Gasteiger charge is 2.22. The molecule has 1 fully saturated rings. The first-order valence-electron chi connectivity index (χ1n) is 6.39. The van der Waals surface area contributed by atoms with E-state index in [2.05, 4.69) is 19.2 Å². The topological polar surface area (TPSA) is 29.1 Å². The molecule has 1 aromatic rings. The molecule has 1 aliphatic carbocycles. The van der Waals surface area contributed by atoms with Crippen LogP contribution in [0.1, 0.15) is 48.5 Å². The van der Waals surface area contributed by atoms with Crippen molar-refractivity contribution in [3.8, 4) is 0 Å². The van der Waals surface area contributed by atoms with Crippen LogP contribution in [0.3, 0.4) is 0 Å². The van der Waals surface area contributed by atoms with E-state index in [1.165, 1.54) is 19.3 Å². The predicted octanol–water partition coefficient (Wildman–Crippen LogP) is 3.18. The summed E-state index contributed by atoms with van der Waals surface area (Å²) in [6.45, 7) is 6.04. The van der Waals surface area contributed by atoms with E-state index >= 15 is 0 Å². The molecule has 2 heteroatoms. The molecule has 91 valence electrons. The van der Waals surface area contributed by atoms with E-state index in [9.17, 15) is 4.79 Å². The van der Waals surface area contributed by atoms with Gasteiger partial charge >= 0.3 is 0 Å². The Labute approximate surface area is 103 Å². The van der Waals surface area contributed by atoms with Crippen molar-refractivity contribution in [2.24, 2.45) is 5.92 Å². The lowest BCUT2D eigenvalue weighted by Gasteiger charge is -2.29. The number of carbonyl (C=O) groups is 1. The zero-order valence-corrected chi connectivity index (χ0v) is 10.4. The minimum Gasteiger partial charge on any atom is -0.349 e. The van der Waals surface area contributed by atoms with Gasteiger partial charge in [0, 0.05) is 11.6 Å². The van der Waals surface area contributed by atoms with Crippen LogP contribution in [-0.2, 0) is 0 Å². The van der Waals surface area contributed by atoms with E-state index < -0.39 is 0 Å². The molecule has 0 bridgehead atoms. The van der Waals surface area contributed by atoms with E-state index in [1.54, 1.807) is 0 Å². The summed E-state index contributed by atoms with van der Waals surface area (Å²) >= 11 is 0. The molecule has 1 N–H and O–H groups in total. The summed E-state index contributed by atoms with van der Waals surface area (Å²) in [5.74, 6) is 0.642. The van der Waals surface area contributed by atoms with Crippen molar-refractivity contribution in [1.29, 1.82) is 0 Å². The first-order chi connectivity index (χ1) is 8.16. The van der Waals surface area contributed by atoms with Crippen molar-refractivity contribution < 1.29 is 4.79 Å². The Morgan fingerprint density at radius 3 is 2.53 bits per heavy atom. The molecular weight excluding hydrogens is 210 g/mol. The van der Waals surface area contributed by atoms with Crippen LogP contribution in [0.15, 0.2) is 24.3 Å². The van der Waals surface area contributed by atoms with E-state index in [0.29, 0.717) is 12.0 Å². The van der Waals surface area contributed by atoms with Gasteiger partial charge in [0.2, 0.25) is 0 Å². The summed E-state index contributed by atoms with van der Waals surface area (Å²) < 4.78 is 0. The van der Waals surface area contributed by atoms with E-state index in [-0.39, 0.29) is 5.91 Å². The molecule has 0 spiro atoms. The van der Waals surface area contributed by atoms with Gasteiger partial charge in [-0.15, -0.1) is 0 Å². The highest BCUT2D eigenvalue weighted by Crippen LogP contribution is 2.23. The van der Waals surface area contributed by atoms with Crippen LogP contribution >= 0.6 is 0 Å². The molecule has 17 heavy (non-hydrogen) atoms. The van der Waals surface area contributed by atoms with Crippen molar-refractivity contribution in [3.05, 3.63) is 42.3 Å². The fourth-order valence-corrected chi connectivity index (χ4v) is 2.44. The Morgan fingerprint density at radius 1 is 1.24 bits per heavy atom. The lowest BCUT2D eigenvalue weighted by atomic mass is 9.86. The van der Waals surface area contributed by atoms with Crippen molar-refractivity contribution >= 4 is 5.91 Å². The van der Waals surface area contributed by atoms with Gasteiger partial charge in [0.15, 0.2) is 0 Å². The zero-order chi connectivity index (χ0) is 12.3. The largest absolute Gasteiger partial charge is 0.349 e. The van der Waals surface area contributed by atoms with Crippen LogP contribution < -0.4 is 5.32 Å². The fraction of sp³-hybridized carbons (Fsp3) is 0.467. The molecule has 0 aromatic heterocycles.